The Kier molecular flexibility index (Phi) is 7.21. The number of amides is 1. The average Bonchev–Trinajstić information content (AvgIpc) is 2.42. The van der Waals surface area contributed by atoms with Crippen molar-refractivity contribution in [1.82, 2.24) is 10.6 Å². The van der Waals surface area contributed by atoms with Crippen molar-refractivity contribution in [3.8, 4) is 0 Å². The van der Waals surface area contributed by atoms with E-state index in [1.807, 2.05) is 24.3 Å². The lowest BCUT2D eigenvalue weighted by atomic mass is 10.0. The van der Waals surface area contributed by atoms with Crippen molar-refractivity contribution in [2.45, 2.75) is 31.7 Å². The smallest absolute Gasteiger partial charge is 0.237 e. The minimum absolute atomic E-state index is 0. The molecule has 1 unspecified atom stereocenters. The molecule has 1 aromatic carbocycles. The number of carbonyl (C=O) groups excluding carboxylic acids is 1. The fourth-order valence-corrected chi connectivity index (χ4v) is 2.45. The molecule has 1 heterocycles. The van der Waals surface area contributed by atoms with Gasteiger partial charge in [-0.25, -0.2) is 0 Å². The first kappa shape index (κ1) is 16.3. The van der Waals surface area contributed by atoms with E-state index < -0.39 is 0 Å². The largest absolute Gasteiger partial charge is 0.354 e. The number of hydrogen-bond acceptors (Lipinski definition) is 2. The number of rotatable bonds is 4. The molecule has 0 aromatic heterocycles. The number of carbonyl (C=O) groups is 1. The summed E-state index contributed by atoms with van der Waals surface area (Å²) >= 11 is 6.06. The zero-order chi connectivity index (χ0) is 12.8. The Bertz CT molecular complexity index is 406. The molecule has 1 aliphatic heterocycles. The molecule has 0 radical (unpaired) electrons. The summed E-state index contributed by atoms with van der Waals surface area (Å²) in [4.78, 5) is 11.9. The van der Waals surface area contributed by atoms with Crippen LogP contribution in [0.5, 0.6) is 0 Å². The van der Waals surface area contributed by atoms with Gasteiger partial charge in [0.2, 0.25) is 5.91 Å². The lowest BCUT2D eigenvalue weighted by Gasteiger charge is -2.22. The summed E-state index contributed by atoms with van der Waals surface area (Å²) < 4.78 is 0. The van der Waals surface area contributed by atoms with E-state index in [9.17, 15) is 4.79 Å². The van der Waals surface area contributed by atoms with E-state index in [-0.39, 0.29) is 24.4 Å². The molecule has 1 fully saturated rings. The summed E-state index contributed by atoms with van der Waals surface area (Å²) in [6, 6.07) is 7.74. The average molecular weight is 303 g/mol. The Balaban J connectivity index is 0.00000180. The van der Waals surface area contributed by atoms with E-state index in [0.29, 0.717) is 6.54 Å². The van der Waals surface area contributed by atoms with Gasteiger partial charge < -0.3 is 10.6 Å². The Morgan fingerprint density at radius 1 is 1.37 bits per heavy atom. The quantitative estimate of drug-likeness (QED) is 0.897. The van der Waals surface area contributed by atoms with Gasteiger partial charge in [0.1, 0.15) is 0 Å². The minimum Gasteiger partial charge on any atom is -0.354 e. The van der Waals surface area contributed by atoms with E-state index in [0.717, 1.165) is 36.4 Å². The first-order chi connectivity index (χ1) is 8.77. The summed E-state index contributed by atoms with van der Waals surface area (Å²) in [6.45, 7) is 1.59. The van der Waals surface area contributed by atoms with Gasteiger partial charge in [0.05, 0.1) is 6.04 Å². The molecule has 0 aliphatic carbocycles. The van der Waals surface area contributed by atoms with Gasteiger partial charge in [-0.05, 0) is 37.4 Å². The van der Waals surface area contributed by atoms with Crippen LogP contribution in [0.1, 0.15) is 24.8 Å². The van der Waals surface area contributed by atoms with Gasteiger partial charge in [0.15, 0.2) is 0 Å². The van der Waals surface area contributed by atoms with Gasteiger partial charge in [-0.2, -0.15) is 0 Å². The van der Waals surface area contributed by atoms with Crippen LogP contribution < -0.4 is 10.6 Å². The maximum Gasteiger partial charge on any atom is 0.237 e. The van der Waals surface area contributed by atoms with Crippen LogP contribution in [0.15, 0.2) is 24.3 Å². The number of halogens is 2. The highest BCUT2D eigenvalue weighted by Crippen LogP contribution is 2.14. The van der Waals surface area contributed by atoms with E-state index in [1.165, 1.54) is 6.42 Å². The molecule has 2 N–H and O–H groups in total. The van der Waals surface area contributed by atoms with Crippen molar-refractivity contribution < 1.29 is 4.79 Å². The zero-order valence-corrected chi connectivity index (χ0v) is 12.4. The first-order valence-corrected chi connectivity index (χ1v) is 6.89. The standard InChI is InChI=1S/C14H19ClN2O.ClH/c15-12-6-2-1-5-11(12)8-10-17-14(18)13-7-3-4-9-16-13;/h1-2,5-6,13,16H,3-4,7-10H2,(H,17,18);1H. The minimum atomic E-state index is -0.00926. The second-order valence-electron chi connectivity index (χ2n) is 4.63. The lowest BCUT2D eigenvalue weighted by Crippen LogP contribution is -2.47. The van der Waals surface area contributed by atoms with Crippen molar-refractivity contribution in [2.75, 3.05) is 13.1 Å². The van der Waals surface area contributed by atoms with Gasteiger partial charge in [0.25, 0.3) is 0 Å². The molecule has 0 spiro atoms. The number of nitrogens with one attached hydrogen (secondary N) is 2. The molecule has 3 nitrogen and oxygen atoms in total. The molecule has 106 valence electrons. The van der Waals surface area contributed by atoms with Crippen molar-refractivity contribution in [1.29, 1.82) is 0 Å². The summed E-state index contributed by atoms with van der Waals surface area (Å²) in [6.07, 6.45) is 4.02. The second-order valence-corrected chi connectivity index (χ2v) is 5.04. The molecule has 2 rings (SSSR count). The molecular formula is C14H20Cl2N2O. The Morgan fingerprint density at radius 3 is 2.84 bits per heavy atom. The summed E-state index contributed by atoms with van der Waals surface area (Å²) in [5, 5.41) is 6.98. The van der Waals surface area contributed by atoms with E-state index in [2.05, 4.69) is 10.6 Å². The zero-order valence-electron chi connectivity index (χ0n) is 10.8. The van der Waals surface area contributed by atoms with E-state index in [4.69, 9.17) is 11.6 Å². The molecule has 0 bridgehead atoms. The molecule has 19 heavy (non-hydrogen) atoms. The highest BCUT2D eigenvalue weighted by molar-refractivity contribution is 6.31. The van der Waals surface area contributed by atoms with Gasteiger partial charge in [-0.15, -0.1) is 12.4 Å². The Labute approximate surface area is 125 Å². The Morgan fingerprint density at radius 2 is 2.16 bits per heavy atom. The third-order valence-corrected chi connectivity index (χ3v) is 3.65. The maximum atomic E-state index is 11.9. The fraction of sp³-hybridized carbons (Fsp3) is 0.500. The van der Waals surface area contributed by atoms with Gasteiger partial charge in [0, 0.05) is 11.6 Å². The monoisotopic (exact) mass is 302 g/mol. The topological polar surface area (TPSA) is 41.1 Å². The van der Waals surface area contributed by atoms with Crippen LogP contribution in [0.25, 0.3) is 0 Å². The first-order valence-electron chi connectivity index (χ1n) is 6.52. The SMILES string of the molecule is Cl.O=C(NCCc1ccccc1Cl)C1CCCCN1. The third kappa shape index (κ3) is 5.01. The predicted octanol–water partition coefficient (Wildman–Crippen LogP) is 2.56. The number of hydrogen-bond donors (Lipinski definition) is 2. The fourth-order valence-electron chi connectivity index (χ4n) is 2.22. The predicted molar refractivity (Wildman–Crippen MR) is 81.1 cm³/mol. The number of benzene rings is 1. The van der Waals surface area contributed by atoms with Crippen LogP contribution >= 0.6 is 24.0 Å². The van der Waals surface area contributed by atoms with Crippen molar-refractivity contribution in [3.63, 3.8) is 0 Å². The molecule has 1 aromatic rings. The van der Waals surface area contributed by atoms with Crippen LogP contribution in [-0.4, -0.2) is 25.0 Å². The van der Waals surface area contributed by atoms with E-state index >= 15 is 0 Å². The van der Waals surface area contributed by atoms with Gasteiger partial charge >= 0.3 is 0 Å². The normalized spacial score (nSPS) is 18.5. The van der Waals surface area contributed by atoms with Crippen LogP contribution in [0.4, 0.5) is 0 Å². The van der Waals surface area contributed by atoms with Gasteiger partial charge in [-0.1, -0.05) is 36.2 Å². The highest BCUT2D eigenvalue weighted by atomic mass is 35.5. The maximum absolute atomic E-state index is 11.9. The number of piperidine rings is 1. The van der Waals surface area contributed by atoms with Crippen LogP contribution in [0.2, 0.25) is 5.02 Å². The Hall–Kier alpha value is -0.770. The summed E-state index contributed by atoms with van der Waals surface area (Å²) in [5.74, 6) is 0.113. The van der Waals surface area contributed by atoms with Crippen molar-refractivity contribution in [2.24, 2.45) is 0 Å². The molecular weight excluding hydrogens is 283 g/mol. The van der Waals surface area contributed by atoms with Crippen LogP contribution in [-0.2, 0) is 11.2 Å². The van der Waals surface area contributed by atoms with Crippen LogP contribution in [0, 0.1) is 0 Å². The lowest BCUT2D eigenvalue weighted by molar-refractivity contribution is -0.123. The molecule has 1 saturated heterocycles. The highest BCUT2D eigenvalue weighted by Gasteiger charge is 2.19. The van der Waals surface area contributed by atoms with Crippen molar-refractivity contribution in [3.05, 3.63) is 34.9 Å². The van der Waals surface area contributed by atoms with Crippen LogP contribution in [0.3, 0.4) is 0 Å². The molecule has 1 atom stereocenters. The van der Waals surface area contributed by atoms with Gasteiger partial charge in [-0.3, -0.25) is 4.79 Å². The summed E-state index contributed by atoms with van der Waals surface area (Å²) in [7, 11) is 0. The van der Waals surface area contributed by atoms with E-state index in [1.54, 1.807) is 0 Å². The van der Waals surface area contributed by atoms with Crippen molar-refractivity contribution >= 4 is 29.9 Å². The molecule has 1 amide bonds. The molecule has 0 saturated carbocycles. The molecule has 5 heteroatoms. The second kappa shape index (κ2) is 8.41. The third-order valence-electron chi connectivity index (χ3n) is 3.28. The summed E-state index contributed by atoms with van der Waals surface area (Å²) in [5.41, 5.74) is 1.08. The molecule has 1 aliphatic rings.